The number of guanidine groups is 1. The van der Waals surface area contributed by atoms with Crippen LogP contribution in [0, 0.1) is 0 Å². The number of aliphatic hydroxyl groups is 1. The zero-order valence-corrected chi connectivity index (χ0v) is 18.5. The first-order valence-electron chi connectivity index (χ1n) is 9.87. The smallest absolute Gasteiger partial charge is 0.228 e. The van der Waals surface area contributed by atoms with Crippen molar-refractivity contribution in [1.29, 1.82) is 0 Å². The molecule has 0 atom stereocenters. The minimum absolute atomic E-state index is 0.148. The molecule has 7 nitrogen and oxygen atoms in total. The van der Waals surface area contributed by atoms with Gasteiger partial charge in [-0.25, -0.2) is 15.0 Å². The van der Waals surface area contributed by atoms with Crippen molar-refractivity contribution in [2.45, 2.75) is 38.2 Å². The molecule has 0 amide bonds. The Morgan fingerprint density at radius 3 is 2.67 bits per heavy atom. The van der Waals surface area contributed by atoms with E-state index in [0.717, 1.165) is 36.2 Å². The van der Waals surface area contributed by atoms with Crippen molar-refractivity contribution in [3.63, 3.8) is 0 Å². The Balaban J connectivity index is 0.00000155. The highest BCUT2D eigenvalue weighted by atomic mass is 32.1. The molecule has 3 N–H and O–H groups in total. The van der Waals surface area contributed by atoms with E-state index in [4.69, 9.17) is 9.84 Å². The monoisotopic (exact) mass is 429 g/mol. The predicted octanol–water partition coefficient (Wildman–Crippen LogP) is 3.60. The summed E-state index contributed by atoms with van der Waals surface area (Å²) in [5, 5.41) is 14.3. The molecule has 1 saturated carbocycles. The normalized spacial score (nSPS) is 17.4. The Labute approximate surface area is 182 Å². The van der Waals surface area contributed by atoms with Crippen molar-refractivity contribution in [3.05, 3.63) is 59.0 Å². The molecular formula is C22H31N5O2S. The second-order valence-electron chi connectivity index (χ2n) is 6.98. The van der Waals surface area contributed by atoms with Crippen LogP contribution in [-0.4, -0.2) is 49.1 Å². The molecule has 0 bridgehead atoms. The highest BCUT2D eigenvalue weighted by Gasteiger charge is 2.22. The molecule has 1 aromatic rings. The molecule has 2 fully saturated rings. The van der Waals surface area contributed by atoms with Gasteiger partial charge in [0.15, 0.2) is 5.88 Å². The fourth-order valence-corrected chi connectivity index (χ4v) is 3.74. The van der Waals surface area contributed by atoms with Crippen LogP contribution < -0.4 is 10.6 Å². The average molecular weight is 430 g/mol. The minimum Gasteiger partial charge on any atom is -0.473 e. The number of nitrogens with zero attached hydrogens (tertiary/aromatic N) is 3. The van der Waals surface area contributed by atoms with Gasteiger partial charge in [-0.2, -0.15) is 0 Å². The summed E-state index contributed by atoms with van der Waals surface area (Å²) in [5.74, 6) is 1.41. The molecule has 162 valence electrons. The summed E-state index contributed by atoms with van der Waals surface area (Å²) in [7, 11) is 1.00. The van der Waals surface area contributed by atoms with Gasteiger partial charge in [0.2, 0.25) is 5.96 Å². The van der Waals surface area contributed by atoms with Gasteiger partial charge in [-0.15, -0.1) is 11.3 Å². The third-order valence-electron chi connectivity index (χ3n) is 4.68. The lowest BCUT2D eigenvalue weighted by molar-refractivity contribution is 0.0657. The first kappa shape index (κ1) is 23.7. The standard InChI is InChI=1S/C21H27N5OS.CH4O/c1-14(10-15(2)19-13-25-20(28-19)17-6-5-7-17)8-9-24-21(22-4)26-16(3)27-18-11-23-12-18;1-2/h8-10,13,17-18,23H,2-7,11-12H2,1H3,(H,24,26);2H,1H3/b9-8+,14-10-;. The number of ether oxygens (including phenoxy) is 1. The molecule has 0 spiro atoms. The molecule has 2 aliphatic rings. The van der Waals surface area contributed by atoms with E-state index in [1.54, 1.807) is 17.5 Å². The van der Waals surface area contributed by atoms with Crippen molar-refractivity contribution in [2.75, 3.05) is 20.2 Å². The van der Waals surface area contributed by atoms with Gasteiger partial charge in [-0.3, -0.25) is 5.32 Å². The number of aromatic nitrogens is 1. The molecule has 30 heavy (non-hydrogen) atoms. The molecule has 1 aliphatic heterocycles. The SMILES string of the molecule is C=NC(=N/C=C/C(C)=C\C(=C)c1cnc(C2CCC2)s1)NC(=C)OC1CNC1.CO. The summed E-state index contributed by atoms with van der Waals surface area (Å²) < 4.78 is 5.59. The molecular weight excluding hydrogens is 398 g/mol. The molecule has 1 aromatic heterocycles. The van der Waals surface area contributed by atoms with Gasteiger partial charge in [0.25, 0.3) is 0 Å². The first-order chi connectivity index (χ1) is 14.5. The third kappa shape index (κ3) is 7.05. The average Bonchev–Trinajstić information content (AvgIpc) is 3.13. The van der Waals surface area contributed by atoms with Crippen molar-refractivity contribution in [1.82, 2.24) is 15.6 Å². The van der Waals surface area contributed by atoms with E-state index >= 15 is 0 Å². The van der Waals surface area contributed by atoms with Gasteiger partial charge >= 0.3 is 0 Å². The van der Waals surface area contributed by atoms with Crippen LogP contribution in [0.5, 0.6) is 0 Å². The number of hydrogen-bond donors (Lipinski definition) is 3. The molecule has 3 rings (SSSR count). The lowest BCUT2D eigenvalue weighted by Crippen LogP contribution is -2.49. The van der Waals surface area contributed by atoms with Crippen LogP contribution in [0.25, 0.3) is 5.57 Å². The lowest BCUT2D eigenvalue weighted by atomic mass is 9.86. The second kappa shape index (κ2) is 12.2. The number of hydrogen-bond acceptors (Lipinski definition) is 6. The summed E-state index contributed by atoms with van der Waals surface area (Å²) in [6.45, 7) is 15.2. The van der Waals surface area contributed by atoms with E-state index in [9.17, 15) is 0 Å². The summed E-state index contributed by atoms with van der Waals surface area (Å²) in [6, 6.07) is 0. The largest absolute Gasteiger partial charge is 0.473 e. The Morgan fingerprint density at radius 2 is 2.10 bits per heavy atom. The summed E-state index contributed by atoms with van der Waals surface area (Å²) >= 11 is 1.75. The Bertz CT molecular complexity index is 832. The van der Waals surface area contributed by atoms with Crippen LogP contribution >= 0.6 is 11.3 Å². The Kier molecular flexibility index (Phi) is 9.66. The van der Waals surface area contributed by atoms with Gasteiger partial charge < -0.3 is 15.2 Å². The number of rotatable bonds is 8. The van der Waals surface area contributed by atoms with Crippen LogP contribution in [0.1, 0.15) is 42.0 Å². The van der Waals surface area contributed by atoms with E-state index < -0.39 is 0 Å². The number of aliphatic imine (C=N–C) groups is 2. The van der Waals surface area contributed by atoms with Gasteiger partial charge in [0.1, 0.15) is 6.10 Å². The Hall–Kier alpha value is -2.55. The maximum atomic E-state index is 7.00. The maximum absolute atomic E-state index is 7.00. The highest BCUT2D eigenvalue weighted by molar-refractivity contribution is 7.12. The molecule has 1 saturated heterocycles. The van der Waals surface area contributed by atoms with Gasteiger partial charge in [0.05, 0.1) is 9.88 Å². The molecule has 8 heteroatoms. The van der Waals surface area contributed by atoms with Crippen molar-refractivity contribution >= 4 is 29.6 Å². The highest BCUT2D eigenvalue weighted by Crippen LogP contribution is 2.39. The van der Waals surface area contributed by atoms with Crippen molar-refractivity contribution < 1.29 is 9.84 Å². The van der Waals surface area contributed by atoms with Crippen molar-refractivity contribution in [3.8, 4) is 0 Å². The first-order valence-corrected chi connectivity index (χ1v) is 10.7. The zero-order chi connectivity index (χ0) is 21.9. The summed E-state index contributed by atoms with van der Waals surface area (Å²) in [4.78, 5) is 13.8. The van der Waals surface area contributed by atoms with E-state index in [-0.39, 0.29) is 6.10 Å². The van der Waals surface area contributed by atoms with Gasteiger partial charge in [-0.05, 0) is 50.3 Å². The van der Waals surface area contributed by atoms with E-state index in [1.807, 2.05) is 25.3 Å². The number of allylic oxidation sites excluding steroid dienone is 4. The topological polar surface area (TPSA) is 91.1 Å². The third-order valence-corrected chi connectivity index (χ3v) is 5.92. The van der Waals surface area contributed by atoms with Crippen LogP contribution in [0.3, 0.4) is 0 Å². The minimum atomic E-state index is 0.148. The van der Waals surface area contributed by atoms with Crippen LogP contribution in [0.15, 0.2) is 59.1 Å². The number of thiazole rings is 1. The summed E-state index contributed by atoms with van der Waals surface area (Å²) in [6.07, 6.45) is 11.5. The molecule has 0 unspecified atom stereocenters. The second-order valence-corrected chi connectivity index (χ2v) is 8.04. The molecule has 0 radical (unpaired) electrons. The molecule has 0 aromatic carbocycles. The maximum Gasteiger partial charge on any atom is 0.228 e. The summed E-state index contributed by atoms with van der Waals surface area (Å²) in [5.41, 5.74) is 2.00. The van der Waals surface area contributed by atoms with Gasteiger partial charge in [0, 0.05) is 38.5 Å². The fourth-order valence-electron chi connectivity index (χ4n) is 2.71. The van der Waals surface area contributed by atoms with E-state index in [2.05, 4.69) is 45.5 Å². The molecule has 1 aliphatic carbocycles. The van der Waals surface area contributed by atoms with E-state index in [1.165, 1.54) is 24.3 Å². The fraction of sp³-hybridized carbons (Fsp3) is 0.409. The zero-order valence-electron chi connectivity index (χ0n) is 17.7. The Morgan fingerprint density at radius 1 is 1.37 bits per heavy atom. The van der Waals surface area contributed by atoms with Crippen LogP contribution in [0.4, 0.5) is 0 Å². The van der Waals surface area contributed by atoms with E-state index in [0.29, 0.717) is 17.8 Å². The number of nitrogens with one attached hydrogen (secondary N) is 2. The molecule has 2 heterocycles. The van der Waals surface area contributed by atoms with Crippen molar-refractivity contribution in [2.24, 2.45) is 9.98 Å². The van der Waals surface area contributed by atoms with Gasteiger partial charge in [-0.1, -0.05) is 19.1 Å². The number of aliphatic hydroxyl groups excluding tert-OH is 1. The quantitative estimate of drug-likeness (QED) is 0.254. The predicted molar refractivity (Wildman–Crippen MR) is 126 cm³/mol. The van der Waals surface area contributed by atoms with Crippen LogP contribution in [0.2, 0.25) is 0 Å². The lowest BCUT2D eigenvalue weighted by Gasteiger charge is -2.28. The van der Waals surface area contributed by atoms with Crippen LogP contribution in [-0.2, 0) is 4.74 Å².